The number of rotatable bonds is 4. The minimum absolute atomic E-state index is 0.167. The monoisotopic (exact) mass is 292 g/mol. The molecule has 0 aliphatic rings. The molecule has 2 aromatic carbocycles. The van der Waals surface area contributed by atoms with Crippen LogP contribution in [-0.2, 0) is 17.8 Å². The van der Waals surface area contributed by atoms with Gasteiger partial charge in [0.1, 0.15) is 5.82 Å². The normalized spacial score (nSPS) is 10.3. The Kier molecular flexibility index (Phi) is 4.71. The predicted molar refractivity (Wildman–Crippen MR) is 78.1 cm³/mol. The lowest BCUT2D eigenvalue weighted by molar-refractivity contribution is -0.115. The van der Waals surface area contributed by atoms with Gasteiger partial charge in [-0.05, 0) is 29.3 Å². The smallest absolute Gasteiger partial charge is 0.228 e. The SMILES string of the molecule is NCc1ccccc1CC(=O)Nc1cc(F)ccc1Cl. The van der Waals surface area contributed by atoms with Crippen LogP contribution in [0.3, 0.4) is 0 Å². The van der Waals surface area contributed by atoms with Crippen LogP contribution in [0.2, 0.25) is 5.02 Å². The van der Waals surface area contributed by atoms with Crippen molar-refractivity contribution in [3.63, 3.8) is 0 Å². The molecule has 0 bridgehead atoms. The van der Waals surface area contributed by atoms with Gasteiger partial charge in [0.15, 0.2) is 0 Å². The number of hydrogen-bond acceptors (Lipinski definition) is 2. The summed E-state index contributed by atoms with van der Waals surface area (Å²) < 4.78 is 13.1. The molecule has 0 saturated carbocycles. The average molecular weight is 293 g/mol. The number of benzene rings is 2. The minimum atomic E-state index is -0.452. The fourth-order valence-corrected chi connectivity index (χ4v) is 2.05. The highest BCUT2D eigenvalue weighted by Gasteiger charge is 2.10. The van der Waals surface area contributed by atoms with Crippen LogP contribution in [-0.4, -0.2) is 5.91 Å². The van der Waals surface area contributed by atoms with Gasteiger partial charge in [-0.3, -0.25) is 4.79 Å². The van der Waals surface area contributed by atoms with Crippen molar-refractivity contribution in [1.29, 1.82) is 0 Å². The zero-order chi connectivity index (χ0) is 14.5. The van der Waals surface area contributed by atoms with Gasteiger partial charge in [0.25, 0.3) is 0 Å². The van der Waals surface area contributed by atoms with Crippen LogP contribution in [0.5, 0.6) is 0 Å². The Bertz CT molecular complexity index is 631. The van der Waals surface area contributed by atoms with E-state index in [0.717, 1.165) is 11.1 Å². The number of amides is 1. The maximum Gasteiger partial charge on any atom is 0.228 e. The van der Waals surface area contributed by atoms with Crippen LogP contribution < -0.4 is 11.1 Å². The predicted octanol–water partition coefficient (Wildman–Crippen LogP) is 3.12. The molecule has 104 valence electrons. The quantitative estimate of drug-likeness (QED) is 0.910. The molecule has 0 aromatic heterocycles. The van der Waals surface area contributed by atoms with Crippen LogP contribution in [0.25, 0.3) is 0 Å². The molecule has 0 radical (unpaired) electrons. The Hall–Kier alpha value is -1.91. The van der Waals surface area contributed by atoms with Crippen molar-refractivity contribution in [2.24, 2.45) is 5.73 Å². The van der Waals surface area contributed by atoms with Crippen LogP contribution >= 0.6 is 11.6 Å². The zero-order valence-electron chi connectivity index (χ0n) is 10.7. The molecular formula is C15H14ClFN2O. The van der Waals surface area contributed by atoms with Crippen molar-refractivity contribution < 1.29 is 9.18 Å². The van der Waals surface area contributed by atoms with Crippen LogP contribution in [0, 0.1) is 5.82 Å². The van der Waals surface area contributed by atoms with E-state index in [1.165, 1.54) is 18.2 Å². The third-order valence-corrected chi connectivity index (χ3v) is 3.22. The number of nitrogens with two attached hydrogens (primary N) is 1. The van der Waals surface area contributed by atoms with Crippen LogP contribution in [0.1, 0.15) is 11.1 Å². The number of nitrogens with one attached hydrogen (secondary N) is 1. The minimum Gasteiger partial charge on any atom is -0.326 e. The number of anilines is 1. The molecule has 0 fully saturated rings. The summed E-state index contributed by atoms with van der Waals surface area (Å²) in [5.74, 6) is -0.717. The summed E-state index contributed by atoms with van der Waals surface area (Å²) in [6, 6.07) is 11.3. The van der Waals surface area contributed by atoms with Gasteiger partial charge < -0.3 is 11.1 Å². The molecule has 2 rings (SSSR count). The Morgan fingerprint density at radius 1 is 1.20 bits per heavy atom. The van der Waals surface area contributed by atoms with Gasteiger partial charge in [-0.2, -0.15) is 0 Å². The molecule has 0 heterocycles. The molecule has 20 heavy (non-hydrogen) atoms. The second-order valence-electron chi connectivity index (χ2n) is 4.32. The number of hydrogen-bond donors (Lipinski definition) is 2. The highest BCUT2D eigenvalue weighted by molar-refractivity contribution is 6.33. The number of carbonyl (C=O) groups excluding carboxylic acids is 1. The molecule has 0 aliphatic carbocycles. The molecule has 3 N–H and O–H groups in total. The summed E-state index contributed by atoms with van der Waals surface area (Å²) in [6.45, 7) is 0.365. The fourth-order valence-electron chi connectivity index (χ4n) is 1.89. The highest BCUT2D eigenvalue weighted by Crippen LogP contribution is 2.22. The van der Waals surface area contributed by atoms with Gasteiger partial charge in [-0.15, -0.1) is 0 Å². The van der Waals surface area contributed by atoms with Gasteiger partial charge >= 0.3 is 0 Å². The summed E-state index contributed by atoms with van der Waals surface area (Å²) >= 11 is 5.90. The summed E-state index contributed by atoms with van der Waals surface area (Å²) in [5.41, 5.74) is 7.64. The van der Waals surface area contributed by atoms with E-state index in [4.69, 9.17) is 17.3 Å². The van der Waals surface area contributed by atoms with Crippen molar-refractivity contribution in [1.82, 2.24) is 0 Å². The van der Waals surface area contributed by atoms with Crippen molar-refractivity contribution in [2.75, 3.05) is 5.32 Å². The van der Waals surface area contributed by atoms with E-state index in [-0.39, 0.29) is 18.0 Å². The Labute approximate surface area is 121 Å². The maximum absolute atomic E-state index is 13.1. The molecule has 0 aliphatic heterocycles. The first-order chi connectivity index (χ1) is 9.60. The van der Waals surface area contributed by atoms with E-state index in [0.29, 0.717) is 11.6 Å². The first-order valence-corrected chi connectivity index (χ1v) is 6.49. The molecule has 0 atom stereocenters. The largest absolute Gasteiger partial charge is 0.326 e. The van der Waals surface area contributed by atoms with Crippen LogP contribution in [0.4, 0.5) is 10.1 Å². The lowest BCUT2D eigenvalue weighted by Gasteiger charge is -2.09. The van der Waals surface area contributed by atoms with Gasteiger partial charge in [-0.25, -0.2) is 4.39 Å². The van der Waals surface area contributed by atoms with E-state index >= 15 is 0 Å². The first-order valence-electron chi connectivity index (χ1n) is 6.12. The molecule has 3 nitrogen and oxygen atoms in total. The fraction of sp³-hybridized carbons (Fsp3) is 0.133. The topological polar surface area (TPSA) is 55.1 Å². The van der Waals surface area contributed by atoms with Crippen molar-refractivity contribution in [3.05, 3.63) is 64.4 Å². The van der Waals surface area contributed by atoms with E-state index in [9.17, 15) is 9.18 Å². The second kappa shape index (κ2) is 6.50. The average Bonchev–Trinajstić information content (AvgIpc) is 2.43. The molecule has 0 spiro atoms. The molecule has 0 saturated heterocycles. The Balaban J connectivity index is 2.11. The molecule has 5 heteroatoms. The molecule has 2 aromatic rings. The van der Waals surface area contributed by atoms with Crippen molar-refractivity contribution in [2.45, 2.75) is 13.0 Å². The molecule has 1 amide bonds. The van der Waals surface area contributed by atoms with Crippen LogP contribution in [0.15, 0.2) is 42.5 Å². The van der Waals surface area contributed by atoms with E-state index in [1.54, 1.807) is 0 Å². The Morgan fingerprint density at radius 3 is 2.60 bits per heavy atom. The van der Waals surface area contributed by atoms with Gasteiger partial charge in [0, 0.05) is 6.54 Å². The van der Waals surface area contributed by atoms with Gasteiger partial charge in [0.05, 0.1) is 17.1 Å². The second-order valence-corrected chi connectivity index (χ2v) is 4.73. The van der Waals surface area contributed by atoms with Crippen molar-refractivity contribution in [3.8, 4) is 0 Å². The summed E-state index contributed by atoms with van der Waals surface area (Å²) in [4.78, 5) is 12.0. The third-order valence-electron chi connectivity index (χ3n) is 2.89. The lowest BCUT2D eigenvalue weighted by Crippen LogP contribution is -2.16. The van der Waals surface area contributed by atoms with E-state index in [1.807, 2.05) is 24.3 Å². The summed E-state index contributed by atoms with van der Waals surface area (Å²) in [5, 5.41) is 2.90. The Morgan fingerprint density at radius 2 is 1.90 bits per heavy atom. The number of carbonyl (C=O) groups is 1. The van der Waals surface area contributed by atoms with Gasteiger partial charge in [-0.1, -0.05) is 35.9 Å². The summed E-state index contributed by atoms with van der Waals surface area (Å²) in [6.07, 6.45) is 0.167. The molecule has 0 unspecified atom stereocenters. The first kappa shape index (κ1) is 14.5. The maximum atomic E-state index is 13.1. The van der Waals surface area contributed by atoms with Gasteiger partial charge in [0.2, 0.25) is 5.91 Å². The zero-order valence-corrected chi connectivity index (χ0v) is 11.5. The standard InChI is InChI=1S/C15H14ClFN2O/c16-13-6-5-12(17)8-14(13)19-15(20)7-10-3-1-2-4-11(10)9-18/h1-6,8H,7,9,18H2,(H,19,20). The van der Waals surface area contributed by atoms with E-state index < -0.39 is 5.82 Å². The molecular weight excluding hydrogens is 279 g/mol. The highest BCUT2D eigenvalue weighted by atomic mass is 35.5. The van der Waals surface area contributed by atoms with Crippen molar-refractivity contribution >= 4 is 23.2 Å². The summed E-state index contributed by atoms with van der Waals surface area (Å²) in [7, 11) is 0. The van der Waals surface area contributed by atoms with E-state index in [2.05, 4.69) is 5.32 Å². The lowest BCUT2D eigenvalue weighted by atomic mass is 10.0. The third kappa shape index (κ3) is 3.56. The number of halogens is 2.